The Morgan fingerprint density at radius 2 is 1.11 bits per heavy atom. The molecule has 0 saturated carbocycles. The van der Waals surface area contributed by atoms with Gasteiger partial charge in [0.15, 0.2) is 0 Å². The van der Waals surface area contributed by atoms with Crippen LogP contribution in [0.3, 0.4) is 0 Å². The number of nitrogens with zero attached hydrogens (tertiary/aromatic N) is 1. The summed E-state index contributed by atoms with van der Waals surface area (Å²) in [4.78, 5) is 5.96. The molecule has 4 nitrogen and oxygen atoms in total. The minimum absolute atomic E-state index is 0.678. The fraction of sp³-hybridized carbons (Fsp3) is 0.194. The van der Waals surface area contributed by atoms with Gasteiger partial charge in [-0.3, -0.25) is 0 Å². The molecule has 0 atom stereocenters. The van der Waals surface area contributed by atoms with Crippen molar-refractivity contribution in [3.05, 3.63) is 121 Å². The maximum Gasteiger partial charge on any atom is 0.230 e. The average molecular weight is 499 g/mol. The minimum atomic E-state index is -2.17. The SMILES string of the molecule is COc1ccc(C(C[P+](c2ccccc2)(c2ccccc2)c2ccccc2)=NOC(C)(C)OC)cc1. The van der Waals surface area contributed by atoms with E-state index in [1.807, 2.05) is 38.1 Å². The molecule has 0 saturated heterocycles. The lowest BCUT2D eigenvalue weighted by atomic mass is 10.1. The van der Waals surface area contributed by atoms with Crippen LogP contribution < -0.4 is 20.7 Å². The van der Waals surface area contributed by atoms with Crippen LogP contribution in [-0.4, -0.2) is 31.9 Å². The Balaban J connectivity index is 1.95. The molecule has 0 fully saturated rings. The normalized spacial score (nSPS) is 12.3. The molecular weight excluding hydrogens is 465 g/mol. The lowest BCUT2D eigenvalue weighted by Crippen LogP contribution is -2.36. The van der Waals surface area contributed by atoms with Crippen molar-refractivity contribution in [3.63, 3.8) is 0 Å². The molecule has 0 amide bonds. The molecule has 0 bridgehead atoms. The zero-order chi connectivity index (χ0) is 25.4. The number of oxime groups is 1. The Morgan fingerprint density at radius 1 is 0.667 bits per heavy atom. The van der Waals surface area contributed by atoms with Crippen molar-refractivity contribution in [2.75, 3.05) is 20.4 Å². The van der Waals surface area contributed by atoms with E-state index in [4.69, 9.17) is 19.5 Å². The van der Waals surface area contributed by atoms with Crippen molar-refractivity contribution in [2.45, 2.75) is 19.6 Å². The molecule has 4 aromatic carbocycles. The molecule has 0 aliphatic rings. The molecule has 36 heavy (non-hydrogen) atoms. The van der Waals surface area contributed by atoms with E-state index in [1.165, 1.54) is 15.9 Å². The highest BCUT2D eigenvalue weighted by Gasteiger charge is 2.47. The van der Waals surface area contributed by atoms with Gasteiger partial charge in [-0.15, -0.1) is 0 Å². The highest BCUT2D eigenvalue weighted by Crippen LogP contribution is 2.55. The van der Waals surface area contributed by atoms with Gasteiger partial charge in [0.25, 0.3) is 0 Å². The molecule has 0 aromatic heterocycles. The number of ether oxygens (including phenoxy) is 2. The molecule has 0 heterocycles. The highest BCUT2D eigenvalue weighted by molar-refractivity contribution is 7.96. The summed E-state index contributed by atoms with van der Waals surface area (Å²) in [6.07, 6.45) is 0.678. The predicted octanol–water partition coefficient (Wildman–Crippen LogP) is 5.79. The van der Waals surface area contributed by atoms with Gasteiger partial charge in [0.1, 0.15) is 40.8 Å². The lowest BCUT2D eigenvalue weighted by molar-refractivity contribution is -0.197. The van der Waals surface area contributed by atoms with Crippen molar-refractivity contribution in [1.82, 2.24) is 0 Å². The zero-order valence-electron chi connectivity index (χ0n) is 21.3. The molecular formula is C31H33NO3P+. The third kappa shape index (κ3) is 5.67. The van der Waals surface area contributed by atoms with Gasteiger partial charge in [0.2, 0.25) is 5.79 Å². The maximum atomic E-state index is 5.96. The monoisotopic (exact) mass is 498 g/mol. The lowest BCUT2D eigenvalue weighted by Gasteiger charge is -2.28. The number of rotatable bonds is 10. The molecule has 4 aromatic rings. The van der Waals surface area contributed by atoms with E-state index in [2.05, 4.69) is 91.0 Å². The smallest absolute Gasteiger partial charge is 0.230 e. The minimum Gasteiger partial charge on any atom is -0.497 e. The van der Waals surface area contributed by atoms with Crippen molar-refractivity contribution >= 4 is 28.9 Å². The van der Waals surface area contributed by atoms with Gasteiger partial charge in [0, 0.05) is 26.5 Å². The molecule has 0 N–H and O–H groups in total. The van der Waals surface area contributed by atoms with Gasteiger partial charge in [-0.25, -0.2) is 0 Å². The third-order valence-corrected chi connectivity index (χ3v) is 10.6. The van der Waals surface area contributed by atoms with E-state index in [-0.39, 0.29) is 0 Å². The second kappa shape index (κ2) is 11.5. The molecule has 0 unspecified atom stereocenters. The predicted molar refractivity (Wildman–Crippen MR) is 152 cm³/mol. The van der Waals surface area contributed by atoms with E-state index in [0.717, 1.165) is 17.0 Å². The summed E-state index contributed by atoms with van der Waals surface area (Å²) in [6, 6.07) is 40.3. The van der Waals surface area contributed by atoms with Crippen LogP contribution in [0.1, 0.15) is 19.4 Å². The van der Waals surface area contributed by atoms with Gasteiger partial charge in [0.05, 0.1) is 7.11 Å². The van der Waals surface area contributed by atoms with Gasteiger partial charge in [-0.2, -0.15) is 0 Å². The first-order valence-electron chi connectivity index (χ1n) is 12.0. The summed E-state index contributed by atoms with van der Waals surface area (Å²) in [5.41, 5.74) is 1.84. The molecule has 0 spiro atoms. The van der Waals surface area contributed by atoms with Crippen LogP contribution in [0.2, 0.25) is 0 Å². The molecule has 4 rings (SSSR count). The van der Waals surface area contributed by atoms with Gasteiger partial charge >= 0.3 is 0 Å². The maximum absolute atomic E-state index is 5.96. The van der Waals surface area contributed by atoms with Crippen LogP contribution in [0.25, 0.3) is 0 Å². The number of benzene rings is 4. The number of hydrogen-bond acceptors (Lipinski definition) is 4. The Kier molecular flexibility index (Phi) is 8.20. The van der Waals surface area contributed by atoms with Crippen molar-refractivity contribution in [3.8, 4) is 5.75 Å². The van der Waals surface area contributed by atoms with Gasteiger partial charge in [-0.05, 0) is 60.7 Å². The summed E-state index contributed by atoms with van der Waals surface area (Å²) in [5, 5.41) is 8.59. The molecule has 0 aliphatic heterocycles. The fourth-order valence-electron chi connectivity index (χ4n) is 4.15. The van der Waals surface area contributed by atoms with Crippen LogP contribution in [-0.2, 0) is 9.57 Å². The topological polar surface area (TPSA) is 40.0 Å². The van der Waals surface area contributed by atoms with E-state index < -0.39 is 13.0 Å². The number of hydrogen-bond donors (Lipinski definition) is 0. The van der Waals surface area contributed by atoms with Crippen LogP contribution in [0.4, 0.5) is 0 Å². The second-order valence-electron chi connectivity index (χ2n) is 8.94. The summed E-state index contributed by atoms with van der Waals surface area (Å²) >= 11 is 0. The van der Waals surface area contributed by atoms with E-state index >= 15 is 0 Å². The summed E-state index contributed by atoms with van der Waals surface area (Å²) in [6.45, 7) is 3.71. The van der Waals surface area contributed by atoms with E-state index in [0.29, 0.717) is 6.16 Å². The van der Waals surface area contributed by atoms with Crippen LogP contribution in [0.5, 0.6) is 5.75 Å². The molecule has 184 valence electrons. The average Bonchev–Trinajstić information content (AvgIpc) is 2.95. The first-order chi connectivity index (χ1) is 17.5. The van der Waals surface area contributed by atoms with Crippen molar-refractivity contribution < 1.29 is 14.3 Å². The van der Waals surface area contributed by atoms with E-state index in [1.54, 1.807) is 14.2 Å². The molecule has 0 radical (unpaired) electrons. The van der Waals surface area contributed by atoms with Crippen molar-refractivity contribution in [1.29, 1.82) is 0 Å². The Morgan fingerprint density at radius 3 is 1.50 bits per heavy atom. The van der Waals surface area contributed by atoms with Crippen LogP contribution in [0.15, 0.2) is 120 Å². The standard InChI is InChI=1S/C31H33NO3P/c1-31(2,34-4)35-32-30(25-20-22-26(33-3)23-21-25)24-36(27-14-8-5-9-15-27,28-16-10-6-11-17-28)29-18-12-7-13-19-29/h5-23H,24H2,1-4H3/q+1. The van der Waals surface area contributed by atoms with Crippen LogP contribution in [0, 0.1) is 0 Å². The first kappa shape index (κ1) is 25.6. The molecule has 5 heteroatoms. The zero-order valence-corrected chi connectivity index (χ0v) is 22.2. The summed E-state index contributed by atoms with van der Waals surface area (Å²) in [7, 11) is 1.13. The van der Waals surface area contributed by atoms with Crippen molar-refractivity contribution in [2.24, 2.45) is 5.16 Å². The Hall–Kier alpha value is -3.46. The van der Waals surface area contributed by atoms with Crippen LogP contribution >= 0.6 is 7.26 Å². The van der Waals surface area contributed by atoms with E-state index in [9.17, 15) is 0 Å². The Labute approximate surface area is 214 Å². The quantitative estimate of drug-likeness (QED) is 0.120. The molecule has 0 aliphatic carbocycles. The fourth-order valence-corrected chi connectivity index (χ4v) is 8.33. The van der Waals surface area contributed by atoms with Gasteiger partial charge < -0.3 is 14.3 Å². The second-order valence-corrected chi connectivity index (χ2v) is 12.4. The highest BCUT2D eigenvalue weighted by atomic mass is 31.2. The number of methoxy groups -OCH3 is 2. The Bertz CT molecular complexity index is 1160. The van der Waals surface area contributed by atoms with Gasteiger partial charge in [-0.1, -0.05) is 59.8 Å². The third-order valence-electron chi connectivity index (χ3n) is 6.27. The summed E-state index contributed by atoms with van der Waals surface area (Å²) < 4.78 is 10.9. The first-order valence-corrected chi connectivity index (χ1v) is 14.0. The largest absolute Gasteiger partial charge is 0.497 e. The summed E-state index contributed by atoms with van der Waals surface area (Å²) in [5.74, 6) is -0.0584.